The van der Waals surface area contributed by atoms with Crippen LogP contribution in [0, 0.1) is 0 Å². The smallest absolute Gasteiger partial charge is 0.119 e. The van der Waals surface area contributed by atoms with Gasteiger partial charge in [-0.3, -0.25) is 9.80 Å². The summed E-state index contributed by atoms with van der Waals surface area (Å²) in [7, 11) is 0. The fourth-order valence-corrected chi connectivity index (χ4v) is 4.43. The van der Waals surface area contributed by atoms with Crippen LogP contribution in [0.15, 0.2) is 42.6 Å². The Hall–Kier alpha value is -1.53. The van der Waals surface area contributed by atoms with Gasteiger partial charge >= 0.3 is 0 Å². The van der Waals surface area contributed by atoms with Gasteiger partial charge in [0.1, 0.15) is 12.4 Å². The highest BCUT2D eigenvalue weighted by molar-refractivity contribution is 6.30. The van der Waals surface area contributed by atoms with Gasteiger partial charge in [0.15, 0.2) is 0 Å². The number of rotatable bonds is 6. The molecule has 27 heavy (non-hydrogen) atoms. The first kappa shape index (κ1) is 18.8. The summed E-state index contributed by atoms with van der Waals surface area (Å²) in [5.41, 5.74) is 1.31. The summed E-state index contributed by atoms with van der Waals surface area (Å²) in [6.07, 6.45) is 2.87. The topological polar surface area (TPSA) is 40.9 Å². The Kier molecular flexibility index (Phi) is 5.74. The summed E-state index contributed by atoms with van der Waals surface area (Å²) >= 11 is 5.91. The van der Waals surface area contributed by atoms with Gasteiger partial charge in [0.25, 0.3) is 0 Å². The Morgan fingerprint density at radius 2 is 1.96 bits per heavy atom. The lowest BCUT2D eigenvalue weighted by molar-refractivity contribution is 0.0511. The number of hydrogen-bond donors (Lipinski definition) is 1. The van der Waals surface area contributed by atoms with Crippen molar-refractivity contribution in [3.63, 3.8) is 0 Å². The molecule has 0 saturated carbocycles. The van der Waals surface area contributed by atoms with E-state index in [9.17, 15) is 5.11 Å². The van der Waals surface area contributed by atoms with Crippen LogP contribution in [-0.2, 0) is 13.1 Å². The number of halogens is 1. The fraction of sp³-hybridized carbons (Fsp3) is 0.524. The quantitative estimate of drug-likeness (QED) is 0.824. The predicted octanol–water partition coefficient (Wildman–Crippen LogP) is 2.86. The number of aliphatic hydroxyl groups is 1. The first-order chi connectivity index (χ1) is 13.1. The fourth-order valence-electron chi connectivity index (χ4n) is 4.31. The van der Waals surface area contributed by atoms with Crippen LogP contribution in [0.4, 0.5) is 0 Å². The van der Waals surface area contributed by atoms with Crippen LogP contribution in [0.1, 0.15) is 19.0 Å². The predicted molar refractivity (Wildman–Crippen MR) is 107 cm³/mol. The molecule has 4 rings (SSSR count). The van der Waals surface area contributed by atoms with E-state index in [-0.39, 0.29) is 6.10 Å². The second kappa shape index (κ2) is 8.23. The SMILES string of the molecule is C[C@H]1CN2C[C@H](O)CC2CN1Cc1cccn1CCOc1ccc(Cl)cc1. The maximum Gasteiger partial charge on any atom is 0.119 e. The van der Waals surface area contributed by atoms with E-state index >= 15 is 0 Å². The molecular weight excluding hydrogens is 362 g/mol. The van der Waals surface area contributed by atoms with Crippen molar-refractivity contribution < 1.29 is 9.84 Å². The molecule has 2 saturated heterocycles. The minimum atomic E-state index is -0.156. The summed E-state index contributed by atoms with van der Waals surface area (Å²) in [6.45, 7) is 7.59. The molecule has 0 bridgehead atoms. The molecule has 146 valence electrons. The molecule has 0 radical (unpaired) electrons. The molecule has 1 unspecified atom stereocenters. The largest absolute Gasteiger partial charge is 0.492 e. The first-order valence-corrected chi connectivity index (χ1v) is 10.1. The van der Waals surface area contributed by atoms with Gasteiger partial charge in [-0.2, -0.15) is 0 Å². The molecule has 2 aromatic rings. The summed E-state index contributed by atoms with van der Waals surface area (Å²) in [5, 5.41) is 10.7. The molecular formula is C21H28ClN3O2. The number of aliphatic hydroxyl groups excluding tert-OH is 1. The summed E-state index contributed by atoms with van der Waals surface area (Å²) < 4.78 is 8.12. The summed E-state index contributed by atoms with van der Waals surface area (Å²) in [4.78, 5) is 5.00. The van der Waals surface area contributed by atoms with Crippen LogP contribution >= 0.6 is 11.6 Å². The van der Waals surface area contributed by atoms with Crippen molar-refractivity contribution in [2.24, 2.45) is 0 Å². The van der Waals surface area contributed by atoms with Gasteiger partial charge in [0.2, 0.25) is 0 Å². The molecule has 5 nitrogen and oxygen atoms in total. The van der Waals surface area contributed by atoms with E-state index in [1.807, 2.05) is 24.3 Å². The summed E-state index contributed by atoms with van der Waals surface area (Å²) in [6, 6.07) is 12.8. The van der Waals surface area contributed by atoms with Crippen molar-refractivity contribution in [1.29, 1.82) is 0 Å². The molecule has 3 atom stereocenters. The van der Waals surface area contributed by atoms with Gasteiger partial charge in [0, 0.05) is 55.2 Å². The maximum atomic E-state index is 9.95. The second-order valence-corrected chi connectivity index (χ2v) is 8.21. The van der Waals surface area contributed by atoms with E-state index in [1.165, 1.54) is 5.69 Å². The third kappa shape index (κ3) is 4.49. The van der Waals surface area contributed by atoms with Crippen molar-refractivity contribution in [3.05, 3.63) is 53.3 Å². The Balaban J connectivity index is 1.32. The van der Waals surface area contributed by atoms with Gasteiger partial charge < -0.3 is 14.4 Å². The van der Waals surface area contributed by atoms with Gasteiger partial charge in [0.05, 0.1) is 12.6 Å². The molecule has 0 amide bonds. The van der Waals surface area contributed by atoms with Crippen LogP contribution in [0.2, 0.25) is 5.02 Å². The third-order valence-electron chi connectivity index (χ3n) is 5.78. The van der Waals surface area contributed by atoms with Crippen molar-refractivity contribution in [3.8, 4) is 5.75 Å². The first-order valence-electron chi connectivity index (χ1n) is 9.77. The summed E-state index contributed by atoms with van der Waals surface area (Å²) in [5.74, 6) is 0.845. The van der Waals surface area contributed by atoms with Crippen LogP contribution in [-0.4, -0.2) is 63.9 Å². The van der Waals surface area contributed by atoms with Crippen LogP contribution in [0.3, 0.4) is 0 Å². The molecule has 6 heteroatoms. The molecule has 1 aromatic heterocycles. The normalized spacial score (nSPS) is 26.3. The molecule has 1 aromatic carbocycles. The number of nitrogens with zero attached hydrogens (tertiary/aromatic N) is 3. The number of piperazine rings is 1. The zero-order valence-corrected chi connectivity index (χ0v) is 16.6. The van der Waals surface area contributed by atoms with Gasteiger partial charge in [-0.25, -0.2) is 0 Å². The Bertz CT molecular complexity index is 748. The Labute approximate surface area is 166 Å². The van der Waals surface area contributed by atoms with Crippen molar-refractivity contribution in [2.75, 3.05) is 26.2 Å². The number of ether oxygens (including phenoxy) is 1. The van der Waals surface area contributed by atoms with Crippen molar-refractivity contribution >= 4 is 11.6 Å². The molecule has 0 aliphatic carbocycles. The van der Waals surface area contributed by atoms with Crippen LogP contribution in [0.5, 0.6) is 5.75 Å². The van der Waals surface area contributed by atoms with E-state index in [2.05, 4.69) is 39.6 Å². The second-order valence-electron chi connectivity index (χ2n) is 7.77. The molecule has 2 fully saturated rings. The van der Waals surface area contributed by atoms with Gasteiger partial charge in [-0.15, -0.1) is 0 Å². The molecule has 2 aliphatic heterocycles. The number of aromatic nitrogens is 1. The lowest BCUT2D eigenvalue weighted by atomic mass is 10.1. The van der Waals surface area contributed by atoms with Crippen molar-refractivity contribution in [2.45, 2.75) is 44.6 Å². The highest BCUT2D eigenvalue weighted by atomic mass is 35.5. The average molecular weight is 390 g/mol. The lowest BCUT2D eigenvalue weighted by Crippen LogP contribution is -2.54. The standard InChI is InChI=1S/C21H28ClN3O2/c1-16-12-25-15-20(26)11-19(25)14-24(16)13-18-3-2-8-23(18)9-10-27-21-6-4-17(22)5-7-21/h2-8,16,19-20,26H,9-15H2,1H3/t16-,19?,20+/m0/s1. The average Bonchev–Trinajstić information content (AvgIpc) is 3.22. The van der Waals surface area contributed by atoms with Gasteiger partial charge in [-0.1, -0.05) is 11.6 Å². The zero-order chi connectivity index (χ0) is 18.8. The van der Waals surface area contributed by atoms with Gasteiger partial charge in [-0.05, 0) is 49.7 Å². The van der Waals surface area contributed by atoms with E-state index in [0.717, 1.165) is 49.9 Å². The minimum Gasteiger partial charge on any atom is -0.492 e. The molecule has 0 spiro atoms. The van der Waals surface area contributed by atoms with Crippen LogP contribution in [0.25, 0.3) is 0 Å². The minimum absolute atomic E-state index is 0.156. The molecule has 1 N–H and O–H groups in total. The lowest BCUT2D eigenvalue weighted by Gasteiger charge is -2.42. The highest BCUT2D eigenvalue weighted by Crippen LogP contribution is 2.26. The monoisotopic (exact) mass is 389 g/mol. The maximum absolute atomic E-state index is 9.95. The van der Waals surface area contributed by atoms with E-state index < -0.39 is 0 Å². The number of fused-ring (bicyclic) bond motifs is 1. The van der Waals surface area contributed by atoms with E-state index in [1.54, 1.807) is 0 Å². The number of benzene rings is 1. The van der Waals surface area contributed by atoms with Crippen molar-refractivity contribution in [1.82, 2.24) is 14.4 Å². The number of hydrogen-bond acceptors (Lipinski definition) is 4. The zero-order valence-electron chi connectivity index (χ0n) is 15.8. The van der Waals surface area contributed by atoms with Crippen LogP contribution < -0.4 is 4.74 Å². The van der Waals surface area contributed by atoms with E-state index in [4.69, 9.17) is 16.3 Å². The Morgan fingerprint density at radius 3 is 2.78 bits per heavy atom. The van der Waals surface area contributed by atoms with E-state index in [0.29, 0.717) is 18.7 Å². The molecule has 3 heterocycles. The Morgan fingerprint density at radius 1 is 1.15 bits per heavy atom. The molecule has 2 aliphatic rings. The highest BCUT2D eigenvalue weighted by Gasteiger charge is 2.38. The third-order valence-corrected chi connectivity index (χ3v) is 6.03.